The molecule has 0 saturated heterocycles. The van der Waals surface area contributed by atoms with Gasteiger partial charge in [0.25, 0.3) is 5.69 Å². The molecule has 110 valence electrons. The Labute approximate surface area is 126 Å². The normalized spacial score (nSPS) is 10.5. The summed E-state index contributed by atoms with van der Waals surface area (Å²) in [5.74, 6) is -0.408. The van der Waals surface area contributed by atoms with Crippen LogP contribution in [0.5, 0.6) is 0 Å². The van der Waals surface area contributed by atoms with Crippen molar-refractivity contribution in [2.24, 2.45) is 0 Å². The molecule has 0 atom stereocenters. The standard InChI is InChI=1S/C15H14ClFN2O2/c1-9-5-10(2)15(19(20)21)7-14(9)18-8-11-3-4-12(16)6-13(11)17/h3-7,18H,8H2,1-2H3. The van der Waals surface area contributed by atoms with Crippen molar-refractivity contribution >= 4 is 23.0 Å². The van der Waals surface area contributed by atoms with Crippen LogP contribution in [0.2, 0.25) is 5.02 Å². The molecular formula is C15H14ClFN2O2. The van der Waals surface area contributed by atoms with Crippen LogP contribution in [0, 0.1) is 29.8 Å². The number of hydrogen-bond acceptors (Lipinski definition) is 3. The summed E-state index contributed by atoms with van der Waals surface area (Å²) in [4.78, 5) is 10.5. The van der Waals surface area contributed by atoms with E-state index in [2.05, 4.69) is 5.32 Å². The smallest absolute Gasteiger partial charge is 0.274 e. The zero-order valence-electron chi connectivity index (χ0n) is 11.6. The van der Waals surface area contributed by atoms with E-state index in [9.17, 15) is 14.5 Å². The first-order valence-corrected chi connectivity index (χ1v) is 6.69. The molecule has 0 aliphatic rings. The third kappa shape index (κ3) is 3.49. The number of nitro benzene ring substituents is 1. The lowest BCUT2D eigenvalue weighted by Gasteiger charge is -2.11. The summed E-state index contributed by atoms with van der Waals surface area (Å²) < 4.78 is 13.7. The second-order valence-electron chi connectivity index (χ2n) is 4.80. The van der Waals surface area contributed by atoms with Gasteiger partial charge < -0.3 is 5.32 Å². The third-order valence-corrected chi connectivity index (χ3v) is 3.46. The van der Waals surface area contributed by atoms with Crippen LogP contribution >= 0.6 is 11.6 Å². The summed E-state index contributed by atoms with van der Waals surface area (Å²) >= 11 is 5.70. The molecule has 1 N–H and O–H groups in total. The number of nitrogens with zero attached hydrogens (tertiary/aromatic N) is 1. The second-order valence-corrected chi connectivity index (χ2v) is 5.24. The minimum absolute atomic E-state index is 0.0414. The van der Waals surface area contributed by atoms with E-state index in [1.807, 2.05) is 6.92 Å². The summed E-state index contributed by atoms with van der Waals surface area (Å²) in [6.07, 6.45) is 0. The fourth-order valence-corrected chi connectivity index (χ4v) is 2.24. The van der Waals surface area contributed by atoms with Crippen LogP contribution in [-0.2, 0) is 6.54 Å². The van der Waals surface area contributed by atoms with Gasteiger partial charge in [-0.2, -0.15) is 0 Å². The van der Waals surface area contributed by atoms with E-state index < -0.39 is 10.7 Å². The molecule has 0 fully saturated rings. The van der Waals surface area contributed by atoms with Crippen LogP contribution in [-0.4, -0.2) is 4.92 Å². The molecule has 2 aromatic carbocycles. The average molecular weight is 309 g/mol. The van der Waals surface area contributed by atoms with Crippen LogP contribution in [0.4, 0.5) is 15.8 Å². The monoisotopic (exact) mass is 308 g/mol. The highest BCUT2D eigenvalue weighted by atomic mass is 35.5. The van der Waals surface area contributed by atoms with Gasteiger partial charge in [0.15, 0.2) is 0 Å². The number of nitrogens with one attached hydrogen (secondary N) is 1. The van der Waals surface area contributed by atoms with Crippen LogP contribution in [0.25, 0.3) is 0 Å². The van der Waals surface area contributed by atoms with E-state index in [1.165, 1.54) is 12.1 Å². The van der Waals surface area contributed by atoms with Crippen molar-refractivity contribution < 1.29 is 9.31 Å². The Hall–Kier alpha value is -2.14. The van der Waals surface area contributed by atoms with Gasteiger partial charge in [0.05, 0.1) is 4.92 Å². The number of hydrogen-bond donors (Lipinski definition) is 1. The average Bonchev–Trinajstić information content (AvgIpc) is 2.39. The first-order chi connectivity index (χ1) is 9.88. The lowest BCUT2D eigenvalue weighted by atomic mass is 10.1. The molecule has 0 aliphatic carbocycles. The van der Waals surface area contributed by atoms with Crippen molar-refractivity contribution in [3.63, 3.8) is 0 Å². The van der Waals surface area contributed by atoms with Crippen molar-refractivity contribution in [3.8, 4) is 0 Å². The molecular weight excluding hydrogens is 295 g/mol. The number of nitro groups is 1. The maximum atomic E-state index is 13.7. The molecule has 0 heterocycles. The SMILES string of the molecule is Cc1cc(C)c([N+](=O)[O-])cc1NCc1ccc(Cl)cc1F. The van der Waals surface area contributed by atoms with Gasteiger partial charge in [0.1, 0.15) is 5.82 Å². The highest BCUT2D eigenvalue weighted by Crippen LogP contribution is 2.27. The molecule has 0 saturated carbocycles. The van der Waals surface area contributed by atoms with E-state index in [-0.39, 0.29) is 12.2 Å². The largest absolute Gasteiger partial charge is 0.380 e. The van der Waals surface area contributed by atoms with Crippen molar-refractivity contribution in [3.05, 3.63) is 68.0 Å². The van der Waals surface area contributed by atoms with E-state index in [1.54, 1.807) is 25.1 Å². The van der Waals surface area contributed by atoms with Gasteiger partial charge in [0.2, 0.25) is 0 Å². The molecule has 21 heavy (non-hydrogen) atoms. The molecule has 0 radical (unpaired) electrons. The van der Waals surface area contributed by atoms with E-state index >= 15 is 0 Å². The highest BCUT2D eigenvalue weighted by molar-refractivity contribution is 6.30. The number of benzene rings is 2. The molecule has 0 aromatic heterocycles. The Morgan fingerprint density at radius 3 is 2.57 bits per heavy atom. The predicted octanol–water partition coefficient (Wildman–Crippen LogP) is 4.62. The Bertz CT molecular complexity index is 704. The molecule has 0 bridgehead atoms. The highest BCUT2D eigenvalue weighted by Gasteiger charge is 2.13. The lowest BCUT2D eigenvalue weighted by molar-refractivity contribution is -0.385. The molecule has 0 aliphatic heterocycles. The summed E-state index contributed by atoms with van der Waals surface area (Å²) in [7, 11) is 0. The van der Waals surface area contributed by atoms with Crippen LogP contribution < -0.4 is 5.32 Å². The summed E-state index contributed by atoms with van der Waals surface area (Å²) in [6.45, 7) is 3.76. The van der Waals surface area contributed by atoms with Crippen LogP contribution in [0.15, 0.2) is 30.3 Å². The molecule has 6 heteroatoms. The van der Waals surface area contributed by atoms with Gasteiger partial charge in [-0.05, 0) is 37.6 Å². The minimum Gasteiger partial charge on any atom is -0.380 e. The van der Waals surface area contributed by atoms with Crippen molar-refractivity contribution in [1.82, 2.24) is 0 Å². The molecule has 2 aromatic rings. The van der Waals surface area contributed by atoms with Crippen LogP contribution in [0.3, 0.4) is 0 Å². The summed E-state index contributed by atoms with van der Waals surface area (Å²) in [5, 5.41) is 14.3. The van der Waals surface area contributed by atoms with Crippen molar-refractivity contribution in [2.45, 2.75) is 20.4 Å². The second kappa shape index (κ2) is 6.10. The molecule has 0 spiro atoms. The molecule has 4 nitrogen and oxygen atoms in total. The fraction of sp³-hybridized carbons (Fsp3) is 0.200. The quantitative estimate of drug-likeness (QED) is 0.662. The number of halogens is 2. The van der Waals surface area contributed by atoms with Crippen molar-refractivity contribution in [1.29, 1.82) is 0 Å². The summed E-state index contributed by atoms with van der Waals surface area (Å²) in [6, 6.07) is 7.63. The van der Waals surface area contributed by atoms with Gasteiger partial charge in [-0.1, -0.05) is 17.7 Å². The topological polar surface area (TPSA) is 55.2 Å². The van der Waals surface area contributed by atoms with E-state index in [4.69, 9.17) is 11.6 Å². The fourth-order valence-electron chi connectivity index (χ4n) is 2.08. The Kier molecular flexibility index (Phi) is 4.43. The zero-order valence-corrected chi connectivity index (χ0v) is 12.4. The van der Waals surface area contributed by atoms with Gasteiger partial charge in [-0.15, -0.1) is 0 Å². The van der Waals surface area contributed by atoms with E-state index in [0.717, 1.165) is 5.56 Å². The molecule has 2 rings (SSSR count). The summed E-state index contributed by atoms with van der Waals surface area (Å²) in [5.41, 5.74) is 2.57. The van der Waals surface area contributed by atoms with Crippen LogP contribution in [0.1, 0.15) is 16.7 Å². The molecule has 0 unspecified atom stereocenters. The predicted molar refractivity (Wildman–Crippen MR) is 81.3 cm³/mol. The number of anilines is 1. The first-order valence-electron chi connectivity index (χ1n) is 6.32. The third-order valence-electron chi connectivity index (χ3n) is 3.22. The van der Waals surface area contributed by atoms with Gasteiger partial charge in [-0.25, -0.2) is 4.39 Å². The Morgan fingerprint density at radius 2 is 1.95 bits per heavy atom. The Balaban J connectivity index is 2.23. The minimum atomic E-state index is -0.428. The number of rotatable bonds is 4. The Morgan fingerprint density at radius 1 is 1.24 bits per heavy atom. The van der Waals surface area contributed by atoms with Gasteiger partial charge in [-0.3, -0.25) is 10.1 Å². The van der Waals surface area contributed by atoms with Crippen molar-refractivity contribution in [2.75, 3.05) is 5.32 Å². The van der Waals surface area contributed by atoms with Gasteiger partial charge >= 0.3 is 0 Å². The maximum absolute atomic E-state index is 13.7. The first kappa shape index (κ1) is 15.3. The maximum Gasteiger partial charge on any atom is 0.274 e. The zero-order chi connectivity index (χ0) is 15.6. The van der Waals surface area contributed by atoms with E-state index in [0.29, 0.717) is 21.8 Å². The number of aryl methyl sites for hydroxylation is 2. The van der Waals surface area contributed by atoms with Gasteiger partial charge in [0, 0.05) is 34.4 Å². The lowest BCUT2D eigenvalue weighted by Crippen LogP contribution is -2.04. The molecule has 0 amide bonds.